The van der Waals surface area contributed by atoms with E-state index in [1.165, 1.54) is 5.56 Å². The van der Waals surface area contributed by atoms with E-state index in [-0.39, 0.29) is 12.4 Å². The lowest BCUT2D eigenvalue weighted by molar-refractivity contribution is 0.308. The predicted octanol–water partition coefficient (Wildman–Crippen LogP) is 7.60. The minimum absolute atomic E-state index is 0.0353. The molecule has 5 aromatic rings. The van der Waals surface area contributed by atoms with Crippen molar-refractivity contribution < 1.29 is 19.1 Å². The number of phenols is 1. The third-order valence-corrected chi connectivity index (χ3v) is 9.72. The molecule has 0 radical (unpaired) electrons. The van der Waals surface area contributed by atoms with Crippen molar-refractivity contribution in [3.8, 4) is 23.0 Å². The van der Waals surface area contributed by atoms with Gasteiger partial charge in [-0.3, -0.25) is 0 Å². The maximum atomic E-state index is 14.9. The molecule has 0 saturated carbocycles. The maximum Gasteiger partial charge on any atom is 0.174 e. The molecule has 0 aromatic heterocycles. The average Bonchev–Trinajstić information content (AvgIpc) is 2.98. The zero-order chi connectivity index (χ0) is 28.0. The van der Waals surface area contributed by atoms with Crippen LogP contribution >= 0.6 is 7.14 Å². The van der Waals surface area contributed by atoms with Crippen LogP contribution in [0.3, 0.4) is 0 Å². The Balaban J connectivity index is 1.36. The van der Waals surface area contributed by atoms with Gasteiger partial charge >= 0.3 is 0 Å². The smallest absolute Gasteiger partial charge is 0.174 e. The van der Waals surface area contributed by atoms with E-state index in [0.29, 0.717) is 27.6 Å². The fraction of sp³-hybridized carbons (Fsp3) is 0.143. The largest absolute Gasteiger partial charge is 0.508 e. The van der Waals surface area contributed by atoms with Gasteiger partial charge in [-0.15, -0.1) is 0 Å². The molecule has 1 N–H and O–H groups in total. The van der Waals surface area contributed by atoms with Crippen molar-refractivity contribution >= 4 is 23.1 Å². The van der Waals surface area contributed by atoms with Crippen LogP contribution in [-0.4, -0.2) is 5.11 Å². The van der Waals surface area contributed by atoms with Crippen LogP contribution < -0.4 is 25.4 Å². The molecular weight excluding hydrogens is 515 g/mol. The lowest BCUT2D eigenvalue weighted by atomic mass is 10.0. The molecule has 4 nitrogen and oxygen atoms in total. The first-order valence-electron chi connectivity index (χ1n) is 13.5. The molecule has 0 bridgehead atoms. The lowest BCUT2D eigenvalue weighted by Gasteiger charge is -2.23. The van der Waals surface area contributed by atoms with Crippen molar-refractivity contribution in [2.75, 3.05) is 0 Å². The van der Waals surface area contributed by atoms with Gasteiger partial charge in [-0.2, -0.15) is 0 Å². The Morgan fingerprint density at radius 3 is 1.73 bits per heavy atom. The summed E-state index contributed by atoms with van der Waals surface area (Å²) in [6.45, 7) is 4.69. The molecule has 40 heavy (non-hydrogen) atoms. The Morgan fingerprint density at radius 2 is 1.20 bits per heavy atom. The standard InChI is InChI=1S/C35H33O4P/c1-26(2)23-27-13-18-30(19-14-27)39-31-20-15-28(16-21-31)25-38-34-22-17-29(36)24-35(34)40(37,32-9-5-3-6-10-32)33-11-7-4-8-12-33/h3-22,24,26,36H,23,25H2,1-2H3. The highest BCUT2D eigenvalue weighted by Gasteiger charge is 2.33. The molecule has 0 saturated heterocycles. The summed E-state index contributed by atoms with van der Waals surface area (Å²) in [6.07, 6.45) is 1.05. The number of phenolic OH excluding ortho intramolecular Hbond substituents is 1. The molecule has 0 heterocycles. The molecule has 0 aliphatic heterocycles. The van der Waals surface area contributed by atoms with Gasteiger partial charge in [-0.25, -0.2) is 0 Å². The van der Waals surface area contributed by atoms with E-state index >= 15 is 0 Å². The van der Waals surface area contributed by atoms with Crippen LogP contribution in [-0.2, 0) is 17.6 Å². The molecule has 5 rings (SSSR count). The first-order chi connectivity index (χ1) is 19.4. The normalized spacial score (nSPS) is 11.4. The van der Waals surface area contributed by atoms with Crippen LogP contribution in [0, 0.1) is 5.92 Å². The summed E-state index contributed by atoms with van der Waals surface area (Å²) in [5.41, 5.74) is 2.24. The number of aromatic hydroxyl groups is 1. The molecule has 0 aliphatic rings. The van der Waals surface area contributed by atoms with Gasteiger partial charge in [0, 0.05) is 10.6 Å². The second-order valence-electron chi connectivity index (χ2n) is 10.2. The average molecular weight is 549 g/mol. The van der Waals surface area contributed by atoms with Gasteiger partial charge in [0.25, 0.3) is 0 Å². The summed E-state index contributed by atoms with van der Waals surface area (Å²) in [5, 5.41) is 12.2. The summed E-state index contributed by atoms with van der Waals surface area (Å²) in [7, 11) is -3.33. The van der Waals surface area contributed by atoms with Crippen molar-refractivity contribution in [2.24, 2.45) is 5.92 Å². The molecule has 0 aliphatic carbocycles. The maximum absolute atomic E-state index is 14.9. The lowest BCUT2D eigenvalue weighted by Crippen LogP contribution is -2.26. The fourth-order valence-electron chi connectivity index (χ4n) is 4.69. The van der Waals surface area contributed by atoms with Gasteiger partial charge in [-0.05, 0) is 65.9 Å². The van der Waals surface area contributed by atoms with Crippen molar-refractivity contribution in [2.45, 2.75) is 26.9 Å². The highest BCUT2D eigenvalue weighted by Crippen LogP contribution is 2.46. The van der Waals surface area contributed by atoms with Crippen LogP contribution in [0.4, 0.5) is 0 Å². The zero-order valence-electron chi connectivity index (χ0n) is 22.7. The van der Waals surface area contributed by atoms with Crippen LogP contribution in [0.1, 0.15) is 25.0 Å². The van der Waals surface area contributed by atoms with Crippen molar-refractivity contribution in [3.63, 3.8) is 0 Å². The number of benzene rings is 5. The fourth-order valence-corrected chi connectivity index (χ4v) is 7.49. The monoisotopic (exact) mass is 548 g/mol. The quantitative estimate of drug-likeness (QED) is 0.183. The minimum atomic E-state index is -3.33. The summed E-state index contributed by atoms with van der Waals surface area (Å²) in [5.74, 6) is 2.65. The topological polar surface area (TPSA) is 55.8 Å². The molecule has 0 amide bonds. The first-order valence-corrected chi connectivity index (χ1v) is 15.2. The highest BCUT2D eigenvalue weighted by molar-refractivity contribution is 7.85. The Labute approximate surface area is 236 Å². The Hall–Kier alpha value is -4.27. The van der Waals surface area contributed by atoms with E-state index < -0.39 is 7.14 Å². The Morgan fingerprint density at radius 1 is 0.675 bits per heavy atom. The van der Waals surface area contributed by atoms with Gasteiger partial charge in [0.15, 0.2) is 7.14 Å². The number of rotatable bonds is 10. The van der Waals surface area contributed by atoms with Gasteiger partial charge in [0.2, 0.25) is 0 Å². The molecule has 0 spiro atoms. The second-order valence-corrected chi connectivity index (χ2v) is 12.9. The van der Waals surface area contributed by atoms with Gasteiger partial charge in [-0.1, -0.05) is 98.8 Å². The number of hydrogen-bond acceptors (Lipinski definition) is 4. The van der Waals surface area contributed by atoms with E-state index in [2.05, 4.69) is 26.0 Å². The van der Waals surface area contributed by atoms with Gasteiger partial charge < -0.3 is 19.1 Å². The van der Waals surface area contributed by atoms with Gasteiger partial charge in [0.05, 0.1) is 5.30 Å². The summed E-state index contributed by atoms with van der Waals surface area (Å²) in [6, 6.07) is 39.5. The van der Waals surface area contributed by atoms with E-state index in [4.69, 9.17) is 9.47 Å². The predicted molar refractivity (Wildman–Crippen MR) is 163 cm³/mol. The van der Waals surface area contributed by atoms with Crippen LogP contribution in [0.25, 0.3) is 0 Å². The molecule has 5 heteroatoms. The minimum Gasteiger partial charge on any atom is -0.508 e. The molecule has 0 atom stereocenters. The third-order valence-electron chi connectivity index (χ3n) is 6.64. The molecule has 202 valence electrons. The Bertz CT molecular complexity index is 1540. The highest BCUT2D eigenvalue weighted by atomic mass is 31.2. The Kier molecular flexibility index (Phi) is 8.38. The molecule has 0 fully saturated rings. The molecule has 5 aromatic carbocycles. The summed E-state index contributed by atoms with van der Waals surface area (Å²) >= 11 is 0. The van der Waals surface area contributed by atoms with E-state index in [1.54, 1.807) is 18.2 Å². The van der Waals surface area contributed by atoms with Crippen LogP contribution in [0.5, 0.6) is 23.0 Å². The SMILES string of the molecule is CC(C)Cc1ccc(Oc2ccc(COc3ccc(O)cc3P(=O)(c3ccccc3)c3ccccc3)cc2)cc1. The van der Waals surface area contributed by atoms with Crippen LogP contribution in [0.15, 0.2) is 127 Å². The first kappa shape index (κ1) is 27.3. The summed E-state index contributed by atoms with van der Waals surface area (Å²) in [4.78, 5) is 0. The number of ether oxygens (including phenoxy) is 2. The van der Waals surface area contributed by atoms with E-state index in [0.717, 1.165) is 23.5 Å². The van der Waals surface area contributed by atoms with Crippen molar-refractivity contribution in [1.82, 2.24) is 0 Å². The third kappa shape index (κ3) is 6.30. The van der Waals surface area contributed by atoms with E-state index in [1.807, 2.05) is 97.1 Å². The van der Waals surface area contributed by atoms with E-state index in [9.17, 15) is 9.67 Å². The molecular formula is C35H33O4P. The van der Waals surface area contributed by atoms with Gasteiger partial charge in [0.1, 0.15) is 29.6 Å². The number of hydrogen-bond donors (Lipinski definition) is 1. The van der Waals surface area contributed by atoms with Crippen molar-refractivity contribution in [3.05, 3.63) is 139 Å². The van der Waals surface area contributed by atoms with Crippen molar-refractivity contribution in [1.29, 1.82) is 0 Å². The van der Waals surface area contributed by atoms with Crippen LogP contribution in [0.2, 0.25) is 0 Å². The zero-order valence-corrected chi connectivity index (χ0v) is 23.6. The molecule has 0 unspecified atom stereocenters. The second kappa shape index (κ2) is 12.3. The summed E-state index contributed by atoms with van der Waals surface area (Å²) < 4.78 is 27.2.